The molecular formula is C25H32N4OS. The second-order valence-electron chi connectivity index (χ2n) is 8.39. The number of nitrogens with one attached hydrogen (secondary N) is 1. The molecule has 2 aromatic carbocycles. The van der Waals surface area contributed by atoms with Gasteiger partial charge >= 0.3 is 0 Å². The minimum atomic E-state index is 0.0985. The molecule has 5 nitrogen and oxygen atoms in total. The molecule has 0 aliphatic carbocycles. The summed E-state index contributed by atoms with van der Waals surface area (Å²) in [5, 5.41) is 4.25. The normalized spacial score (nSPS) is 14.7. The number of anilines is 2. The van der Waals surface area contributed by atoms with Gasteiger partial charge in [-0.15, -0.1) is 0 Å². The third-order valence-electron chi connectivity index (χ3n) is 6.14. The van der Waals surface area contributed by atoms with E-state index in [0.717, 1.165) is 49.7 Å². The number of likely N-dealkylation sites (N-methyl/N-ethyl adjacent to an activating group) is 1. The number of hydrogen-bond donors (Lipinski definition) is 1. The highest BCUT2D eigenvalue weighted by Gasteiger charge is 2.26. The fourth-order valence-electron chi connectivity index (χ4n) is 4.39. The molecule has 0 atom stereocenters. The van der Waals surface area contributed by atoms with Crippen LogP contribution >= 0.6 is 11.3 Å². The molecule has 1 N–H and O–H groups in total. The van der Waals surface area contributed by atoms with Crippen LogP contribution in [0, 0.1) is 19.8 Å². The lowest BCUT2D eigenvalue weighted by molar-refractivity contribution is -0.125. The lowest BCUT2D eigenvalue weighted by atomic mass is 9.96. The van der Waals surface area contributed by atoms with Gasteiger partial charge in [-0.3, -0.25) is 4.79 Å². The SMILES string of the molecule is CCN(CCNC(=O)C1CCN(c2nc3c(C)cc(C)cc3s2)CC1)c1ccccc1. The minimum Gasteiger partial charge on any atom is -0.370 e. The Bertz CT molecular complexity index is 1020. The molecule has 1 aliphatic heterocycles. The van der Waals surface area contributed by atoms with Crippen LogP contribution in [0.5, 0.6) is 0 Å². The quantitative estimate of drug-likeness (QED) is 0.579. The lowest BCUT2D eigenvalue weighted by Crippen LogP contribution is -2.42. The Kier molecular flexibility index (Phi) is 6.76. The van der Waals surface area contributed by atoms with Gasteiger partial charge in [0.05, 0.1) is 10.2 Å². The van der Waals surface area contributed by atoms with Crippen molar-refractivity contribution in [3.05, 3.63) is 53.6 Å². The monoisotopic (exact) mass is 436 g/mol. The van der Waals surface area contributed by atoms with Crippen LogP contribution in [0.25, 0.3) is 10.2 Å². The Balaban J connectivity index is 1.27. The maximum absolute atomic E-state index is 12.7. The van der Waals surface area contributed by atoms with E-state index in [1.807, 2.05) is 6.07 Å². The first kappa shape index (κ1) is 21.6. The number of nitrogens with zero attached hydrogens (tertiary/aromatic N) is 3. The summed E-state index contributed by atoms with van der Waals surface area (Å²) >= 11 is 1.77. The summed E-state index contributed by atoms with van der Waals surface area (Å²) in [6.45, 7) is 10.6. The Morgan fingerprint density at radius 1 is 1.19 bits per heavy atom. The first-order valence-corrected chi connectivity index (χ1v) is 12.1. The van der Waals surface area contributed by atoms with Crippen LogP contribution in [0.3, 0.4) is 0 Å². The third kappa shape index (κ3) is 5.01. The van der Waals surface area contributed by atoms with Crippen molar-refractivity contribution >= 4 is 38.3 Å². The van der Waals surface area contributed by atoms with E-state index >= 15 is 0 Å². The largest absolute Gasteiger partial charge is 0.370 e. The summed E-state index contributed by atoms with van der Waals surface area (Å²) in [5.41, 5.74) is 4.84. The topological polar surface area (TPSA) is 48.5 Å². The Labute approximate surface area is 189 Å². The summed E-state index contributed by atoms with van der Waals surface area (Å²) in [7, 11) is 0. The van der Waals surface area contributed by atoms with E-state index in [1.165, 1.54) is 21.5 Å². The van der Waals surface area contributed by atoms with Crippen LogP contribution < -0.4 is 15.1 Å². The molecule has 0 radical (unpaired) electrons. The molecule has 4 rings (SSSR count). The van der Waals surface area contributed by atoms with E-state index in [0.29, 0.717) is 6.54 Å². The number of thiazole rings is 1. The van der Waals surface area contributed by atoms with E-state index in [4.69, 9.17) is 4.98 Å². The van der Waals surface area contributed by atoms with Gasteiger partial charge in [0.1, 0.15) is 0 Å². The van der Waals surface area contributed by atoms with Gasteiger partial charge in [0.2, 0.25) is 5.91 Å². The van der Waals surface area contributed by atoms with E-state index in [-0.39, 0.29) is 11.8 Å². The second-order valence-corrected chi connectivity index (χ2v) is 9.40. The smallest absolute Gasteiger partial charge is 0.223 e. The van der Waals surface area contributed by atoms with E-state index < -0.39 is 0 Å². The highest BCUT2D eigenvalue weighted by atomic mass is 32.1. The summed E-state index contributed by atoms with van der Waals surface area (Å²) in [5.74, 6) is 0.293. The zero-order valence-electron chi connectivity index (χ0n) is 18.7. The molecule has 1 aliphatic rings. The van der Waals surface area contributed by atoms with Crippen LogP contribution in [0.1, 0.15) is 30.9 Å². The highest BCUT2D eigenvalue weighted by molar-refractivity contribution is 7.22. The average Bonchev–Trinajstić information content (AvgIpc) is 3.22. The van der Waals surface area contributed by atoms with E-state index in [9.17, 15) is 4.79 Å². The number of rotatable bonds is 7. The standard InChI is InChI=1S/C25H32N4OS/c1-4-28(21-8-6-5-7-9-21)15-12-26-24(30)20-10-13-29(14-11-20)25-27-23-19(3)16-18(2)17-22(23)31-25/h5-9,16-17,20H,4,10-15H2,1-3H3,(H,26,30). The number of aromatic nitrogens is 1. The molecule has 164 valence electrons. The van der Waals surface area contributed by atoms with Crippen molar-refractivity contribution in [3.63, 3.8) is 0 Å². The van der Waals surface area contributed by atoms with Gasteiger partial charge < -0.3 is 15.1 Å². The summed E-state index contributed by atoms with van der Waals surface area (Å²) in [6.07, 6.45) is 1.77. The van der Waals surface area contributed by atoms with Gasteiger partial charge in [0, 0.05) is 44.3 Å². The summed E-state index contributed by atoms with van der Waals surface area (Å²) in [6, 6.07) is 14.8. The van der Waals surface area contributed by atoms with Crippen LogP contribution in [-0.2, 0) is 4.79 Å². The molecule has 1 fully saturated rings. The third-order valence-corrected chi connectivity index (χ3v) is 7.20. The molecule has 0 saturated carbocycles. The predicted octanol–water partition coefficient (Wildman–Crippen LogP) is 4.77. The van der Waals surface area contributed by atoms with Gasteiger partial charge in [-0.25, -0.2) is 4.98 Å². The van der Waals surface area contributed by atoms with E-state index in [2.05, 4.69) is 72.3 Å². The Morgan fingerprint density at radius 2 is 1.94 bits per heavy atom. The lowest BCUT2D eigenvalue weighted by Gasteiger charge is -2.31. The molecule has 6 heteroatoms. The maximum Gasteiger partial charge on any atom is 0.223 e. The number of carbonyl (C=O) groups excluding carboxylic acids is 1. The number of amides is 1. The van der Waals surface area contributed by atoms with Crippen LogP contribution in [0.2, 0.25) is 0 Å². The van der Waals surface area contributed by atoms with Crippen molar-refractivity contribution in [3.8, 4) is 0 Å². The van der Waals surface area contributed by atoms with Crippen molar-refractivity contribution in [1.29, 1.82) is 0 Å². The average molecular weight is 437 g/mol. The predicted molar refractivity (Wildman–Crippen MR) is 131 cm³/mol. The van der Waals surface area contributed by atoms with Gasteiger partial charge in [0.15, 0.2) is 5.13 Å². The number of aryl methyl sites for hydroxylation is 2. The first-order valence-electron chi connectivity index (χ1n) is 11.3. The molecule has 0 unspecified atom stereocenters. The number of carbonyl (C=O) groups is 1. The fraction of sp³-hybridized carbons (Fsp3) is 0.440. The highest BCUT2D eigenvalue weighted by Crippen LogP contribution is 2.33. The van der Waals surface area contributed by atoms with Crippen LogP contribution in [0.4, 0.5) is 10.8 Å². The number of para-hydroxylation sites is 1. The van der Waals surface area contributed by atoms with Crippen LogP contribution in [0.15, 0.2) is 42.5 Å². The molecule has 2 heterocycles. The summed E-state index contributed by atoms with van der Waals surface area (Å²) in [4.78, 5) is 22.2. The van der Waals surface area contributed by atoms with Gasteiger partial charge in [-0.05, 0) is 62.9 Å². The van der Waals surface area contributed by atoms with Crippen molar-refractivity contribution in [1.82, 2.24) is 10.3 Å². The number of piperidine rings is 1. The number of benzene rings is 2. The van der Waals surface area contributed by atoms with Gasteiger partial charge in [0.25, 0.3) is 0 Å². The molecule has 0 spiro atoms. The maximum atomic E-state index is 12.7. The molecule has 1 saturated heterocycles. The fourth-order valence-corrected chi connectivity index (χ4v) is 5.59. The zero-order valence-corrected chi connectivity index (χ0v) is 19.5. The molecular weight excluding hydrogens is 404 g/mol. The molecule has 1 aromatic heterocycles. The number of hydrogen-bond acceptors (Lipinski definition) is 5. The molecule has 1 amide bonds. The summed E-state index contributed by atoms with van der Waals surface area (Å²) < 4.78 is 1.26. The molecule has 3 aromatic rings. The minimum absolute atomic E-state index is 0.0985. The van der Waals surface area contributed by atoms with Crippen molar-refractivity contribution < 1.29 is 4.79 Å². The first-order chi connectivity index (χ1) is 15.0. The van der Waals surface area contributed by atoms with Crippen LogP contribution in [-0.4, -0.2) is 43.6 Å². The van der Waals surface area contributed by atoms with Crippen molar-refractivity contribution in [2.24, 2.45) is 5.92 Å². The van der Waals surface area contributed by atoms with Crippen molar-refractivity contribution in [2.75, 3.05) is 42.5 Å². The zero-order chi connectivity index (χ0) is 21.8. The van der Waals surface area contributed by atoms with Gasteiger partial charge in [-0.2, -0.15) is 0 Å². The Hall–Kier alpha value is -2.60. The second kappa shape index (κ2) is 9.69. The van der Waals surface area contributed by atoms with Gasteiger partial charge in [-0.1, -0.05) is 35.6 Å². The van der Waals surface area contributed by atoms with Crippen molar-refractivity contribution in [2.45, 2.75) is 33.6 Å². The number of fused-ring (bicyclic) bond motifs is 1. The van der Waals surface area contributed by atoms with E-state index in [1.54, 1.807) is 11.3 Å². The molecule has 0 bridgehead atoms. The molecule has 31 heavy (non-hydrogen) atoms. The Morgan fingerprint density at radius 3 is 2.65 bits per heavy atom.